The van der Waals surface area contributed by atoms with Gasteiger partial charge in [0.15, 0.2) is 0 Å². The van der Waals surface area contributed by atoms with Gasteiger partial charge in [0.1, 0.15) is 5.84 Å². The quantitative estimate of drug-likeness (QED) is 0.631. The Morgan fingerprint density at radius 3 is 3.16 bits per heavy atom. The van der Waals surface area contributed by atoms with Crippen LogP contribution in [0.3, 0.4) is 0 Å². The summed E-state index contributed by atoms with van der Waals surface area (Å²) < 4.78 is 11.1. The number of aromatic nitrogens is 1. The lowest BCUT2D eigenvalue weighted by Gasteiger charge is -2.14. The molecule has 5 heteroatoms. The summed E-state index contributed by atoms with van der Waals surface area (Å²) in [6, 6.07) is 1.97. The molecular weight excluding hydrogens is 242 g/mol. The monoisotopic (exact) mass is 261 g/mol. The third-order valence-electron chi connectivity index (χ3n) is 3.79. The smallest absolute Gasteiger partial charge is 0.224 e. The van der Waals surface area contributed by atoms with Crippen LogP contribution in [0.25, 0.3) is 0 Å². The first-order valence-electron chi connectivity index (χ1n) is 6.82. The summed E-state index contributed by atoms with van der Waals surface area (Å²) in [5.74, 6) is 0.967. The second-order valence-electron chi connectivity index (χ2n) is 5.25. The summed E-state index contributed by atoms with van der Waals surface area (Å²) in [6.07, 6.45) is 4.18. The molecule has 0 aromatic carbocycles. The summed E-state index contributed by atoms with van der Waals surface area (Å²) in [7, 11) is 0. The van der Waals surface area contributed by atoms with Gasteiger partial charge in [-0.05, 0) is 37.3 Å². The number of nitrogen functional groups attached to an aromatic ring is 1. The zero-order valence-corrected chi connectivity index (χ0v) is 10.9. The highest BCUT2D eigenvalue weighted by atomic mass is 16.5. The molecule has 1 atom stereocenters. The van der Waals surface area contributed by atoms with E-state index in [0.717, 1.165) is 44.6 Å². The van der Waals surface area contributed by atoms with Crippen LogP contribution < -0.4 is 10.5 Å². The number of fused-ring (bicyclic) bond motifs is 1. The Kier molecular flexibility index (Phi) is 3.38. The molecule has 1 fully saturated rings. The minimum atomic E-state index is 0.0277. The molecule has 0 radical (unpaired) electrons. The van der Waals surface area contributed by atoms with Crippen molar-refractivity contribution < 1.29 is 9.47 Å². The zero-order valence-electron chi connectivity index (χ0n) is 10.9. The van der Waals surface area contributed by atoms with Crippen molar-refractivity contribution in [2.24, 2.45) is 11.7 Å². The van der Waals surface area contributed by atoms with E-state index in [1.807, 2.05) is 6.07 Å². The van der Waals surface area contributed by atoms with E-state index in [2.05, 4.69) is 4.98 Å². The highest BCUT2D eigenvalue weighted by Gasteiger charge is 2.21. The van der Waals surface area contributed by atoms with Gasteiger partial charge in [-0.25, -0.2) is 4.98 Å². The van der Waals surface area contributed by atoms with Crippen molar-refractivity contribution in [3.8, 4) is 5.88 Å². The van der Waals surface area contributed by atoms with E-state index in [9.17, 15) is 0 Å². The van der Waals surface area contributed by atoms with E-state index in [1.165, 1.54) is 5.56 Å². The molecule has 0 amide bonds. The molecule has 1 aliphatic carbocycles. The number of nitrogens with zero attached hydrogens (tertiary/aromatic N) is 1. The average molecular weight is 261 g/mol. The molecule has 1 aromatic rings. The van der Waals surface area contributed by atoms with Crippen molar-refractivity contribution in [2.75, 3.05) is 19.8 Å². The maximum atomic E-state index is 7.66. The first-order valence-corrected chi connectivity index (χ1v) is 6.82. The summed E-state index contributed by atoms with van der Waals surface area (Å²) in [4.78, 5) is 4.55. The molecule has 2 aliphatic rings. The SMILES string of the molecule is N=C(N)c1cc2c(nc1OCC1CCOC1)CCC2. The predicted octanol–water partition coefficient (Wildman–Crippen LogP) is 1.27. The Bertz CT molecular complexity index is 496. The molecular formula is C14H19N3O2. The van der Waals surface area contributed by atoms with Crippen LogP contribution >= 0.6 is 0 Å². The Morgan fingerprint density at radius 2 is 2.42 bits per heavy atom. The molecule has 0 bridgehead atoms. The molecule has 1 unspecified atom stereocenters. The lowest BCUT2D eigenvalue weighted by atomic mass is 10.1. The largest absolute Gasteiger partial charge is 0.477 e. The van der Waals surface area contributed by atoms with Crippen LogP contribution in [0.2, 0.25) is 0 Å². The van der Waals surface area contributed by atoms with Gasteiger partial charge in [-0.2, -0.15) is 0 Å². The van der Waals surface area contributed by atoms with Crippen molar-refractivity contribution in [1.82, 2.24) is 4.98 Å². The van der Waals surface area contributed by atoms with Gasteiger partial charge in [0.25, 0.3) is 0 Å². The first kappa shape index (κ1) is 12.4. The number of nitrogens with one attached hydrogen (secondary N) is 1. The number of hydrogen-bond donors (Lipinski definition) is 2. The molecule has 0 saturated carbocycles. The molecule has 3 rings (SSSR count). The number of ether oxygens (including phenoxy) is 2. The predicted molar refractivity (Wildman–Crippen MR) is 71.7 cm³/mol. The van der Waals surface area contributed by atoms with Crippen LogP contribution in [0, 0.1) is 11.3 Å². The van der Waals surface area contributed by atoms with Crippen molar-refractivity contribution >= 4 is 5.84 Å². The number of pyridine rings is 1. The fourth-order valence-electron chi connectivity index (χ4n) is 2.67. The van der Waals surface area contributed by atoms with E-state index in [4.69, 9.17) is 20.6 Å². The number of aryl methyl sites for hydroxylation is 2. The van der Waals surface area contributed by atoms with Crippen LogP contribution in [0.15, 0.2) is 6.07 Å². The molecule has 102 valence electrons. The third kappa shape index (κ3) is 2.56. The molecule has 2 heterocycles. The number of nitrogens with two attached hydrogens (primary N) is 1. The van der Waals surface area contributed by atoms with Gasteiger partial charge in [0, 0.05) is 18.2 Å². The fourth-order valence-corrected chi connectivity index (χ4v) is 2.67. The molecule has 1 aromatic heterocycles. The van der Waals surface area contributed by atoms with Crippen molar-refractivity contribution in [3.63, 3.8) is 0 Å². The van der Waals surface area contributed by atoms with Gasteiger partial charge >= 0.3 is 0 Å². The van der Waals surface area contributed by atoms with Crippen LogP contribution in [0.4, 0.5) is 0 Å². The van der Waals surface area contributed by atoms with E-state index >= 15 is 0 Å². The number of hydrogen-bond acceptors (Lipinski definition) is 4. The minimum absolute atomic E-state index is 0.0277. The highest BCUT2D eigenvalue weighted by molar-refractivity contribution is 5.97. The molecule has 5 nitrogen and oxygen atoms in total. The summed E-state index contributed by atoms with van der Waals surface area (Å²) >= 11 is 0. The number of rotatable bonds is 4. The average Bonchev–Trinajstić information content (AvgIpc) is 3.05. The highest BCUT2D eigenvalue weighted by Crippen LogP contribution is 2.27. The molecule has 1 saturated heterocycles. The third-order valence-corrected chi connectivity index (χ3v) is 3.79. The maximum Gasteiger partial charge on any atom is 0.224 e. The van der Waals surface area contributed by atoms with E-state index in [0.29, 0.717) is 24.0 Å². The van der Waals surface area contributed by atoms with Gasteiger partial charge in [-0.15, -0.1) is 0 Å². The lowest BCUT2D eigenvalue weighted by molar-refractivity contribution is 0.165. The Morgan fingerprint density at radius 1 is 1.53 bits per heavy atom. The molecule has 19 heavy (non-hydrogen) atoms. The van der Waals surface area contributed by atoms with Crippen LogP contribution in [-0.2, 0) is 17.6 Å². The van der Waals surface area contributed by atoms with Crippen LogP contribution in [0.1, 0.15) is 29.7 Å². The summed E-state index contributed by atoms with van der Waals surface area (Å²) in [6.45, 7) is 2.15. The van der Waals surface area contributed by atoms with Gasteiger partial charge < -0.3 is 15.2 Å². The first-order chi connectivity index (χ1) is 9.24. The second-order valence-corrected chi connectivity index (χ2v) is 5.25. The Labute approximate surface area is 112 Å². The topological polar surface area (TPSA) is 81.2 Å². The summed E-state index contributed by atoms with van der Waals surface area (Å²) in [5.41, 5.74) is 8.57. The zero-order chi connectivity index (χ0) is 13.2. The Hall–Kier alpha value is -1.62. The standard InChI is InChI=1S/C14H19N3O2/c15-13(16)11-6-10-2-1-3-12(10)17-14(11)19-8-9-4-5-18-7-9/h6,9H,1-5,7-8H2,(H3,15,16). The lowest BCUT2D eigenvalue weighted by Crippen LogP contribution is -2.18. The maximum absolute atomic E-state index is 7.66. The van der Waals surface area contributed by atoms with Gasteiger partial charge in [0.05, 0.1) is 18.8 Å². The Balaban J connectivity index is 1.80. The minimum Gasteiger partial charge on any atom is -0.477 e. The molecule has 0 spiro atoms. The van der Waals surface area contributed by atoms with E-state index in [1.54, 1.807) is 0 Å². The van der Waals surface area contributed by atoms with Crippen molar-refractivity contribution in [2.45, 2.75) is 25.7 Å². The van der Waals surface area contributed by atoms with Gasteiger partial charge in [0.2, 0.25) is 5.88 Å². The molecule has 3 N–H and O–H groups in total. The molecule has 1 aliphatic heterocycles. The van der Waals surface area contributed by atoms with Gasteiger partial charge in [-0.3, -0.25) is 5.41 Å². The van der Waals surface area contributed by atoms with Crippen LogP contribution in [-0.4, -0.2) is 30.6 Å². The second kappa shape index (κ2) is 5.17. The van der Waals surface area contributed by atoms with E-state index < -0.39 is 0 Å². The normalized spacial score (nSPS) is 21.4. The van der Waals surface area contributed by atoms with E-state index in [-0.39, 0.29) is 5.84 Å². The van der Waals surface area contributed by atoms with Gasteiger partial charge in [-0.1, -0.05) is 0 Å². The fraction of sp³-hybridized carbons (Fsp3) is 0.571. The van der Waals surface area contributed by atoms with Crippen LogP contribution in [0.5, 0.6) is 5.88 Å². The number of amidine groups is 1. The van der Waals surface area contributed by atoms with Crippen molar-refractivity contribution in [1.29, 1.82) is 5.41 Å². The summed E-state index contributed by atoms with van der Waals surface area (Å²) in [5, 5.41) is 7.66. The van der Waals surface area contributed by atoms with Crippen molar-refractivity contribution in [3.05, 3.63) is 22.9 Å².